The molecule has 1 amide bonds. The van der Waals surface area contributed by atoms with Gasteiger partial charge in [-0.3, -0.25) is 4.79 Å². The maximum absolute atomic E-state index is 11.6. The third-order valence-corrected chi connectivity index (χ3v) is 4.88. The van der Waals surface area contributed by atoms with Gasteiger partial charge in [0.2, 0.25) is 17.6 Å². The SMILES string of the molecule is CC(=O)N1CCC(C)(c2nc(-c3ccc(Cn4cncn4)cc3)no2)C1. The molecule has 0 saturated carbocycles. The highest BCUT2D eigenvalue weighted by Gasteiger charge is 2.41. The minimum Gasteiger partial charge on any atom is -0.342 e. The van der Waals surface area contributed by atoms with Gasteiger partial charge in [0.15, 0.2) is 0 Å². The molecule has 1 aliphatic heterocycles. The highest BCUT2D eigenvalue weighted by atomic mass is 16.5. The summed E-state index contributed by atoms with van der Waals surface area (Å²) in [6.07, 6.45) is 4.03. The van der Waals surface area contributed by atoms with Crippen molar-refractivity contribution in [2.24, 2.45) is 0 Å². The molecule has 1 aliphatic rings. The van der Waals surface area contributed by atoms with E-state index in [1.807, 2.05) is 29.2 Å². The van der Waals surface area contributed by atoms with Crippen molar-refractivity contribution in [1.29, 1.82) is 0 Å². The van der Waals surface area contributed by atoms with E-state index >= 15 is 0 Å². The molecule has 3 aromatic rings. The Labute approximate surface area is 150 Å². The van der Waals surface area contributed by atoms with Crippen molar-refractivity contribution < 1.29 is 9.32 Å². The van der Waals surface area contributed by atoms with Crippen molar-refractivity contribution in [3.05, 3.63) is 48.4 Å². The first-order valence-corrected chi connectivity index (χ1v) is 8.55. The summed E-state index contributed by atoms with van der Waals surface area (Å²) in [5, 5.41) is 8.24. The van der Waals surface area contributed by atoms with Crippen LogP contribution in [0.2, 0.25) is 0 Å². The van der Waals surface area contributed by atoms with Gasteiger partial charge in [0.25, 0.3) is 0 Å². The molecule has 1 atom stereocenters. The van der Waals surface area contributed by atoms with E-state index in [-0.39, 0.29) is 11.3 Å². The summed E-state index contributed by atoms with van der Waals surface area (Å²) in [6.45, 7) is 5.65. The molecule has 0 bridgehead atoms. The molecule has 1 aromatic carbocycles. The quantitative estimate of drug-likeness (QED) is 0.712. The first-order valence-electron chi connectivity index (χ1n) is 8.55. The average Bonchev–Trinajstić information content (AvgIpc) is 3.36. The Bertz CT molecular complexity index is 902. The molecule has 1 saturated heterocycles. The van der Waals surface area contributed by atoms with Crippen LogP contribution >= 0.6 is 0 Å². The molecule has 134 valence electrons. The number of hydrogen-bond donors (Lipinski definition) is 0. The number of carbonyl (C=O) groups is 1. The van der Waals surface area contributed by atoms with Crippen LogP contribution in [-0.4, -0.2) is 48.8 Å². The second-order valence-electron chi connectivity index (χ2n) is 6.96. The lowest BCUT2D eigenvalue weighted by Crippen LogP contribution is -2.31. The molecule has 1 fully saturated rings. The van der Waals surface area contributed by atoms with Gasteiger partial charge < -0.3 is 9.42 Å². The van der Waals surface area contributed by atoms with Crippen LogP contribution in [0.5, 0.6) is 0 Å². The van der Waals surface area contributed by atoms with Gasteiger partial charge >= 0.3 is 0 Å². The molecular weight excluding hydrogens is 332 g/mol. The van der Waals surface area contributed by atoms with Gasteiger partial charge in [0.1, 0.15) is 12.7 Å². The van der Waals surface area contributed by atoms with Crippen LogP contribution < -0.4 is 0 Å². The first-order chi connectivity index (χ1) is 12.5. The lowest BCUT2D eigenvalue weighted by Gasteiger charge is -2.19. The zero-order valence-electron chi connectivity index (χ0n) is 14.8. The summed E-state index contributed by atoms with van der Waals surface area (Å²) in [4.78, 5) is 21.9. The molecule has 4 rings (SSSR count). The Morgan fingerprint density at radius 1 is 1.31 bits per heavy atom. The van der Waals surface area contributed by atoms with Crippen LogP contribution in [0.3, 0.4) is 0 Å². The largest absolute Gasteiger partial charge is 0.342 e. The number of nitrogens with zero attached hydrogens (tertiary/aromatic N) is 6. The standard InChI is InChI=1S/C18H20N6O2/c1-13(25)23-8-7-18(2,10-23)17-21-16(22-26-17)15-5-3-14(4-6-15)9-24-12-19-11-20-24/h3-6,11-12H,7-10H2,1-2H3. The topological polar surface area (TPSA) is 89.9 Å². The normalized spacial score (nSPS) is 19.8. The molecule has 1 unspecified atom stereocenters. The van der Waals surface area contributed by atoms with Gasteiger partial charge in [-0.25, -0.2) is 9.67 Å². The van der Waals surface area contributed by atoms with Crippen molar-refractivity contribution in [3.8, 4) is 11.4 Å². The van der Waals surface area contributed by atoms with E-state index in [0.29, 0.717) is 24.8 Å². The maximum atomic E-state index is 11.6. The van der Waals surface area contributed by atoms with E-state index in [2.05, 4.69) is 27.1 Å². The molecule has 3 heterocycles. The molecule has 8 nitrogen and oxygen atoms in total. The van der Waals surface area contributed by atoms with Crippen LogP contribution in [0.25, 0.3) is 11.4 Å². The van der Waals surface area contributed by atoms with Gasteiger partial charge in [-0.2, -0.15) is 10.1 Å². The van der Waals surface area contributed by atoms with Gasteiger partial charge in [-0.15, -0.1) is 0 Å². The average molecular weight is 352 g/mol. The molecule has 0 aliphatic carbocycles. The van der Waals surface area contributed by atoms with Crippen LogP contribution in [0, 0.1) is 0 Å². The molecule has 0 N–H and O–H groups in total. The second kappa shape index (κ2) is 6.36. The molecule has 2 aromatic heterocycles. The zero-order chi connectivity index (χ0) is 18.1. The third-order valence-electron chi connectivity index (χ3n) is 4.88. The lowest BCUT2D eigenvalue weighted by molar-refractivity contribution is -0.128. The lowest BCUT2D eigenvalue weighted by atomic mass is 9.90. The fourth-order valence-corrected chi connectivity index (χ4v) is 3.25. The minimum atomic E-state index is -0.288. The zero-order valence-corrected chi connectivity index (χ0v) is 14.8. The number of rotatable bonds is 4. The van der Waals surface area contributed by atoms with Crippen LogP contribution in [0.15, 0.2) is 41.4 Å². The molecule has 26 heavy (non-hydrogen) atoms. The molecule has 0 spiro atoms. The minimum absolute atomic E-state index is 0.0800. The highest BCUT2D eigenvalue weighted by Crippen LogP contribution is 2.34. The Morgan fingerprint density at radius 2 is 2.12 bits per heavy atom. The van der Waals surface area contributed by atoms with E-state index in [0.717, 1.165) is 24.1 Å². The van der Waals surface area contributed by atoms with Crippen molar-refractivity contribution >= 4 is 5.91 Å². The third kappa shape index (κ3) is 3.10. The van der Waals surface area contributed by atoms with Crippen molar-refractivity contribution in [3.63, 3.8) is 0 Å². The van der Waals surface area contributed by atoms with Crippen molar-refractivity contribution in [1.82, 2.24) is 29.8 Å². The number of likely N-dealkylation sites (tertiary alicyclic amines) is 1. The number of benzene rings is 1. The van der Waals surface area contributed by atoms with Crippen molar-refractivity contribution in [2.45, 2.75) is 32.2 Å². The molecule has 8 heteroatoms. The Balaban J connectivity index is 1.50. The second-order valence-corrected chi connectivity index (χ2v) is 6.96. The Kier molecular flexibility index (Phi) is 4.02. The highest BCUT2D eigenvalue weighted by molar-refractivity contribution is 5.73. The van der Waals surface area contributed by atoms with Gasteiger partial charge in [0, 0.05) is 25.6 Å². The van der Waals surface area contributed by atoms with E-state index in [9.17, 15) is 4.79 Å². The Hall–Kier alpha value is -3.03. The number of hydrogen-bond acceptors (Lipinski definition) is 6. The van der Waals surface area contributed by atoms with E-state index < -0.39 is 0 Å². The van der Waals surface area contributed by atoms with Gasteiger partial charge in [-0.1, -0.05) is 29.4 Å². The number of carbonyl (C=O) groups excluding carboxylic acids is 1. The van der Waals surface area contributed by atoms with Gasteiger partial charge in [0.05, 0.1) is 12.0 Å². The smallest absolute Gasteiger partial charge is 0.234 e. The number of amides is 1. The summed E-state index contributed by atoms with van der Waals surface area (Å²) in [6, 6.07) is 7.98. The van der Waals surface area contributed by atoms with Crippen LogP contribution in [0.4, 0.5) is 0 Å². The summed E-state index contributed by atoms with van der Waals surface area (Å²) < 4.78 is 7.30. The van der Waals surface area contributed by atoms with Crippen molar-refractivity contribution in [2.75, 3.05) is 13.1 Å². The fourth-order valence-electron chi connectivity index (χ4n) is 3.25. The van der Waals surface area contributed by atoms with E-state index in [1.54, 1.807) is 17.9 Å². The predicted octanol–water partition coefficient (Wildman–Crippen LogP) is 1.89. The summed E-state index contributed by atoms with van der Waals surface area (Å²) in [5.74, 6) is 1.23. The van der Waals surface area contributed by atoms with E-state index in [1.165, 1.54) is 6.33 Å². The van der Waals surface area contributed by atoms with Crippen LogP contribution in [-0.2, 0) is 16.8 Å². The fraction of sp³-hybridized carbons (Fsp3) is 0.389. The van der Waals surface area contributed by atoms with E-state index in [4.69, 9.17) is 4.52 Å². The first kappa shape index (κ1) is 16.4. The van der Waals surface area contributed by atoms with Gasteiger partial charge in [-0.05, 0) is 18.9 Å². The summed E-state index contributed by atoms with van der Waals surface area (Å²) in [5.41, 5.74) is 1.72. The van der Waals surface area contributed by atoms with Crippen LogP contribution in [0.1, 0.15) is 31.7 Å². The summed E-state index contributed by atoms with van der Waals surface area (Å²) in [7, 11) is 0. The number of aromatic nitrogens is 5. The summed E-state index contributed by atoms with van der Waals surface area (Å²) >= 11 is 0. The molecule has 0 radical (unpaired) electrons. The maximum Gasteiger partial charge on any atom is 0.234 e. The molecular formula is C18H20N6O2. The predicted molar refractivity (Wildman–Crippen MR) is 93.1 cm³/mol. The monoisotopic (exact) mass is 352 g/mol. The Morgan fingerprint density at radius 3 is 2.77 bits per heavy atom.